The van der Waals surface area contributed by atoms with Crippen LogP contribution in [0.4, 0.5) is 4.79 Å². The minimum atomic E-state index is 0.0788. The fourth-order valence-corrected chi connectivity index (χ4v) is 3.67. The Bertz CT molecular complexity index is 508. The normalized spacial score (nSPS) is 20.4. The summed E-state index contributed by atoms with van der Waals surface area (Å²) in [5.41, 5.74) is 2.79. The highest BCUT2D eigenvalue weighted by atomic mass is 16.2. The highest BCUT2D eigenvalue weighted by Gasteiger charge is 2.40. The van der Waals surface area contributed by atoms with Crippen molar-refractivity contribution in [2.45, 2.75) is 52.0 Å². The number of hydrogen-bond acceptors (Lipinski definition) is 2. The second kappa shape index (κ2) is 5.70. The SMILES string of the molecule is CCc1nn(C)cc1CNC(=O)N1CCC2(CCC2)CC1. The number of aromatic nitrogens is 2. The first kappa shape index (κ1) is 14.4. The topological polar surface area (TPSA) is 50.2 Å². The van der Waals surface area contributed by atoms with Crippen LogP contribution in [0.2, 0.25) is 0 Å². The lowest BCUT2D eigenvalue weighted by Gasteiger charge is -2.47. The molecule has 2 aliphatic rings. The van der Waals surface area contributed by atoms with Crippen LogP contribution in [0.3, 0.4) is 0 Å². The maximum Gasteiger partial charge on any atom is 0.317 e. The molecule has 2 amide bonds. The molecule has 2 fully saturated rings. The van der Waals surface area contributed by atoms with E-state index in [-0.39, 0.29) is 6.03 Å². The largest absolute Gasteiger partial charge is 0.334 e. The molecule has 0 bridgehead atoms. The zero-order valence-electron chi connectivity index (χ0n) is 13.2. The van der Waals surface area contributed by atoms with E-state index in [4.69, 9.17) is 0 Å². The van der Waals surface area contributed by atoms with Crippen molar-refractivity contribution in [3.05, 3.63) is 17.5 Å². The van der Waals surface area contributed by atoms with Crippen molar-refractivity contribution in [1.82, 2.24) is 20.0 Å². The third-order valence-electron chi connectivity index (χ3n) is 5.28. The number of nitrogens with one attached hydrogen (secondary N) is 1. The second-order valence-corrected chi connectivity index (χ2v) is 6.63. The fraction of sp³-hybridized carbons (Fsp3) is 0.750. The molecule has 0 unspecified atom stereocenters. The van der Waals surface area contributed by atoms with Crippen molar-refractivity contribution in [1.29, 1.82) is 0 Å². The van der Waals surface area contributed by atoms with Gasteiger partial charge in [0.25, 0.3) is 0 Å². The molecule has 1 aliphatic carbocycles. The van der Waals surface area contributed by atoms with Gasteiger partial charge in [0, 0.05) is 38.4 Å². The number of aryl methyl sites for hydroxylation is 2. The second-order valence-electron chi connectivity index (χ2n) is 6.63. The Balaban J connectivity index is 1.50. The minimum Gasteiger partial charge on any atom is -0.334 e. The zero-order valence-corrected chi connectivity index (χ0v) is 13.2. The van der Waals surface area contributed by atoms with Gasteiger partial charge in [0.05, 0.1) is 5.69 Å². The molecule has 1 aromatic rings. The summed E-state index contributed by atoms with van der Waals surface area (Å²) >= 11 is 0. The zero-order chi connectivity index (χ0) is 14.9. The van der Waals surface area contributed by atoms with Gasteiger partial charge in [-0.2, -0.15) is 5.10 Å². The van der Waals surface area contributed by atoms with Crippen LogP contribution in [0.25, 0.3) is 0 Å². The van der Waals surface area contributed by atoms with E-state index in [9.17, 15) is 4.79 Å². The number of urea groups is 1. The Morgan fingerprint density at radius 2 is 2.05 bits per heavy atom. The summed E-state index contributed by atoms with van der Waals surface area (Å²) in [6.07, 6.45) is 9.40. The van der Waals surface area contributed by atoms with Gasteiger partial charge in [0.2, 0.25) is 0 Å². The first-order valence-electron chi connectivity index (χ1n) is 8.16. The minimum absolute atomic E-state index is 0.0788. The van der Waals surface area contributed by atoms with Gasteiger partial charge in [-0.1, -0.05) is 13.3 Å². The Morgan fingerprint density at radius 3 is 2.62 bits per heavy atom. The lowest BCUT2D eigenvalue weighted by Crippen LogP contribution is -2.49. The van der Waals surface area contributed by atoms with E-state index in [2.05, 4.69) is 17.3 Å². The lowest BCUT2D eigenvalue weighted by atomic mass is 9.63. The van der Waals surface area contributed by atoms with Crippen LogP contribution >= 0.6 is 0 Å². The highest BCUT2D eigenvalue weighted by Crippen LogP contribution is 2.48. The number of carbonyl (C=O) groups is 1. The van der Waals surface area contributed by atoms with E-state index in [1.165, 1.54) is 32.1 Å². The van der Waals surface area contributed by atoms with Crippen LogP contribution in [-0.4, -0.2) is 33.8 Å². The molecule has 116 valence electrons. The quantitative estimate of drug-likeness (QED) is 0.929. The van der Waals surface area contributed by atoms with E-state index < -0.39 is 0 Å². The molecule has 1 N–H and O–H groups in total. The highest BCUT2D eigenvalue weighted by molar-refractivity contribution is 5.74. The first-order chi connectivity index (χ1) is 10.1. The van der Waals surface area contributed by atoms with Crippen molar-refractivity contribution < 1.29 is 4.79 Å². The van der Waals surface area contributed by atoms with Gasteiger partial charge < -0.3 is 10.2 Å². The Morgan fingerprint density at radius 1 is 1.33 bits per heavy atom. The predicted octanol–water partition coefficient (Wildman–Crippen LogP) is 2.46. The summed E-state index contributed by atoms with van der Waals surface area (Å²) in [6, 6.07) is 0.0788. The van der Waals surface area contributed by atoms with Gasteiger partial charge in [-0.3, -0.25) is 4.68 Å². The molecule has 3 rings (SSSR count). The molecule has 1 spiro atoms. The fourth-order valence-electron chi connectivity index (χ4n) is 3.67. The number of piperidine rings is 1. The number of carbonyl (C=O) groups excluding carboxylic acids is 1. The van der Waals surface area contributed by atoms with Crippen LogP contribution in [0.5, 0.6) is 0 Å². The number of rotatable bonds is 3. The summed E-state index contributed by atoms with van der Waals surface area (Å²) in [4.78, 5) is 14.3. The van der Waals surface area contributed by atoms with Gasteiger partial charge in [-0.15, -0.1) is 0 Å². The van der Waals surface area contributed by atoms with Crippen molar-refractivity contribution in [3.63, 3.8) is 0 Å². The van der Waals surface area contributed by atoms with E-state index in [0.717, 1.165) is 30.8 Å². The molecule has 1 aliphatic heterocycles. The van der Waals surface area contributed by atoms with E-state index >= 15 is 0 Å². The van der Waals surface area contributed by atoms with Gasteiger partial charge in [0.15, 0.2) is 0 Å². The molecular formula is C16H26N4O. The molecular weight excluding hydrogens is 264 g/mol. The van der Waals surface area contributed by atoms with Crippen molar-refractivity contribution in [2.75, 3.05) is 13.1 Å². The monoisotopic (exact) mass is 290 g/mol. The summed E-state index contributed by atoms with van der Waals surface area (Å²) in [5.74, 6) is 0. The molecule has 0 atom stereocenters. The summed E-state index contributed by atoms with van der Waals surface area (Å²) in [7, 11) is 1.92. The first-order valence-corrected chi connectivity index (χ1v) is 8.16. The van der Waals surface area contributed by atoms with Gasteiger partial charge in [-0.05, 0) is 37.5 Å². The Hall–Kier alpha value is -1.52. The molecule has 5 nitrogen and oxygen atoms in total. The lowest BCUT2D eigenvalue weighted by molar-refractivity contribution is 0.0462. The Labute approximate surface area is 126 Å². The van der Waals surface area contributed by atoms with Crippen LogP contribution in [0.1, 0.15) is 50.3 Å². The third-order valence-corrected chi connectivity index (χ3v) is 5.28. The number of hydrogen-bond donors (Lipinski definition) is 1. The number of likely N-dealkylation sites (tertiary alicyclic amines) is 1. The number of nitrogens with zero attached hydrogens (tertiary/aromatic N) is 3. The average Bonchev–Trinajstić information content (AvgIpc) is 2.83. The summed E-state index contributed by atoms with van der Waals surface area (Å²) in [5, 5.41) is 7.46. The molecule has 1 saturated heterocycles. The van der Waals surface area contributed by atoms with Gasteiger partial charge in [-0.25, -0.2) is 4.79 Å². The molecule has 5 heteroatoms. The molecule has 0 radical (unpaired) electrons. The van der Waals surface area contributed by atoms with Crippen LogP contribution in [0.15, 0.2) is 6.20 Å². The van der Waals surface area contributed by atoms with Crippen LogP contribution < -0.4 is 5.32 Å². The van der Waals surface area contributed by atoms with Gasteiger partial charge in [0.1, 0.15) is 0 Å². The third kappa shape index (κ3) is 2.92. The molecule has 21 heavy (non-hydrogen) atoms. The molecule has 1 aromatic heterocycles. The summed E-state index contributed by atoms with van der Waals surface area (Å²) < 4.78 is 1.82. The maximum atomic E-state index is 12.3. The average molecular weight is 290 g/mol. The summed E-state index contributed by atoms with van der Waals surface area (Å²) in [6.45, 7) is 4.51. The standard InChI is InChI=1S/C16H26N4O/c1-3-14-13(12-19(2)18-14)11-17-15(21)20-9-7-16(8-10-20)5-4-6-16/h12H,3-11H2,1-2H3,(H,17,21). The van der Waals surface area contributed by atoms with Gasteiger partial charge >= 0.3 is 6.03 Å². The molecule has 2 heterocycles. The van der Waals surface area contributed by atoms with Crippen LogP contribution in [-0.2, 0) is 20.0 Å². The van der Waals surface area contributed by atoms with E-state index in [1.807, 2.05) is 22.8 Å². The Kier molecular flexibility index (Phi) is 3.91. The number of amides is 2. The maximum absolute atomic E-state index is 12.3. The predicted molar refractivity (Wildman–Crippen MR) is 81.9 cm³/mol. The van der Waals surface area contributed by atoms with E-state index in [1.54, 1.807) is 0 Å². The van der Waals surface area contributed by atoms with Crippen molar-refractivity contribution >= 4 is 6.03 Å². The van der Waals surface area contributed by atoms with Crippen LogP contribution in [0, 0.1) is 5.41 Å². The van der Waals surface area contributed by atoms with Crippen molar-refractivity contribution in [2.24, 2.45) is 12.5 Å². The van der Waals surface area contributed by atoms with E-state index in [0.29, 0.717) is 12.0 Å². The van der Waals surface area contributed by atoms with Crippen molar-refractivity contribution in [3.8, 4) is 0 Å². The molecule has 1 saturated carbocycles. The smallest absolute Gasteiger partial charge is 0.317 e. The molecule has 0 aromatic carbocycles.